The average molecular weight is 275 g/mol. The predicted molar refractivity (Wildman–Crippen MR) is 61.2 cm³/mol. The van der Waals surface area contributed by atoms with Crippen molar-refractivity contribution in [1.29, 1.82) is 0 Å². The van der Waals surface area contributed by atoms with Crippen LogP contribution in [-0.4, -0.2) is 70.4 Å². The molecule has 0 spiro atoms. The predicted octanol–water partition coefficient (Wildman–Crippen LogP) is -2.78. The summed E-state index contributed by atoms with van der Waals surface area (Å²) in [4.78, 5) is 12.8. The standard InChI is InChI=1S/C10H17N3O6/c1-18-10(4-14)7(16)6(15)8(19-10)13-3-2-5(11)12-9(13)17/h2-3,5-8,14-16H,4,11H2,1H3,(H,12,17)/t5?,6-,7+,8-,10-/m1/s1. The van der Waals surface area contributed by atoms with Crippen LogP contribution in [0.1, 0.15) is 0 Å². The van der Waals surface area contributed by atoms with E-state index in [-0.39, 0.29) is 0 Å². The summed E-state index contributed by atoms with van der Waals surface area (Å²) in [6, 6.07) is -0.587. The number of amides is 2. The van der Waals surface area contributed by atoms with Gasteiger partial charge in [-0.3, -0.25) is 4.90 Å². The molecule has 2 heterocycles. The molecule has 2 aliphatic rings. The second-order valence-electron chi connectivity index (χ2n) is 4.34. The van der Waals surface area contributed by atoms with Crippen molar-refractivity contribution in [2.75, 3.05) is 13.7 Å². The zero-order valence-corrected chi connectivity index (χ0v) is 10.3. The largest absolute Gasteiger partial charge is 0.391 e. The van der Waals surface area contributed by atoms with Crippen LogP contribution in [-0.2, 0) is 9.47 Å². The van der Waals surface area contributed by atoms with Gasteiger partial charge >= 0.3 is 6.03 Å². The van der Waals surface area contributed by atoms with Crippen LogP contribution in [0.25, 0.3) is 0 Å². The number of urea groups is 1. The van der Waals surface area contributed by atoms with Gasteiger partial charge in [0.15, 0.2) is 6.23 Å². The smallest absolute Gasteiger partial charge is 0.325 e. The van der Waals surface area contributed by atoms with Gasteiger partial charge in [-0.15, -0.1) is 0 Å². The van der Waals surface area contributed by atoms with Crippen molar-refractivity contribution >= 4 is 6.03 Å². The number of hydrogen-bond donors (Lipinski definition) is 5. The quantitative estimate of drug-likeness (QED) is 0.375. The molecule has 0 aromatic heterocycles. The summed E-state index contributed by atoms with van der Waals surface area (Å²) in [7, 11) is 1.22. The van der Waals surface area contributed by atoms with E-state index in [1.807, 2.05) is 0 Å². The molecule has 9 heteroatoms. The summed E-state index contributed by atoms with van der Waals surface area (Å²) < 4.78 is 10.2. The summed E-state index contributed by atoms with van der Waals surface area (Å²) in [5.41, 5.74) is 5.49. The van der Waals surface area contributed by atoms with E-state index >= 15 is 0 Å². The molecule has 1 unspecified atom stereocenters. The van der Waals surface area contributed by atoms with Crippen molar-refractivity contribution in [3.63, 3.8) is 0 Å². The van der Waals surface area contributed by atoms with Gasteiger partial charge in [-0.1, -0.05) is 0 Å². The number of methoxy groups -OCH3 is 1. The Morgan fingerprint density at radius 1 is 1.63 bits per heavy atom. The Balaban J connectivity index is 2.23. The SMILES string of the molecule is CO[C@]1(CO)O[C@@H](N2C=CC(N)NC2=O)[C@H](O)[C@@H]1O. The van der Waals surface area contributed by atoms with E-state index in [2.05, 4.69) is 5.32 Å². The molecule has 0 saturated carbocycles. The maximum absolute atomic E-state index is 11.7. The first-order chi connectivity index (χ1) is 8.95. The molecule has 0 aromatic rings. The summed E-state index contributed by atoms with van der Waals surface area (Å²) in [6.07, 6.45) is -1.92. The van der Waals surface area contributed by atoms with Crippen molar-refractivity contribution < 1.29 is 29.6 Å². The van der Waals surface area contributed by atoms with Crippen LogP contribution in [0.4, 0.5) is 4.79 Å². The lowest BCUT2D eigenvalue weighted by atomic mass is 10.1. The lowest BCUT2D eigenvalue weighted by Crippen LogP contribution is -2.55. The molecule has 5 atom stereocenters. The van der Waals surface area contributed by atoms with Crippen molar-refractivity contribution in [1.82, 2.24) is 10.2 Å². The Morgan fingerprint density at radius 3 is 2.79 bits per heavy atom. The Labute approximate surface area is 109 Å². The fourth-order valence-corrected chi connectivity index (χ4v) is 2.06. The molecule has 6 N–H and O–H groups in total. The molecule has 9 nitrogen and oxygen atoms in total. The molecule has 0 aliphatic carbocycles. The third-order valence-electron chi connectivity index (χ3n) is 3.21. The minimum Gasteiger partial charge on any atom is -0.391 e. The van der Waals surface area contributed by atoms with Gasteiger partial charge < -0.3 is 35.8 Å². The van der Waals surface area contributed by atoms with E-state index in [1.165, 1.54) is 19.4 Å². The van der Waals surface area contributed by atoms with Crippen molar-refractivity contribution in [3.8, 4) is 0 Å². The van der Waals surface area contributed by atoms with Gasteiger partial charge in [0, 0.05) is 13.3 Å². The summed E-state index contributed by atoms with van der Waals surface area (Å²) in [5, 5.41) is 31.5. The number of rotatable bonds is 3. The Kier molecular flexibility index (Phi) is 3.76. The second-order valence-corrected chi connectivity index (χ2v) is 4.34. The zero-order chi connectivity index (χ0) is 14.2. The van der Waals surface area contributed by atoms with Crippen LogP contribution in [0, 0.1) is 0 Å². The van der Waals surface area contributed by atoms with Gasteiger partial charge in [0.25, 0.3) is 0 Å². The number of nitrogens with one attached hydrogen (secondary N) is 1. The monoisotopic (exact) mass is 275 g/mol. The molecular weight excluding hydrogens is 258 g/mol. The van der Waals surface area contributed by atoms with E-state index in [9.17, 15) is 20.1 Å². The van der Waals surface area contributed by atoms with E-state index in [1.54, 1.807) is 0 Å². The molecule has 0 radical (unpaired) electrons. The number of aliphatic hydroxyl groups excluding tert-OH is 3. The lowest BCUT2D eigenvalue weighted by molar-refractivity contribution is -0.269. The molecule has 2 rings (SSSR count). The molecule has 2 amide bonds. The first-order valence-electron chi connectivity index (χ1n) is 5.68. The fraction of sp³-hybridized carbons (Fsp3) is 0.700. The summed E-state index contributed by atoms with van der Waals surface area (Å²) in [6.45, 7) is -0.670. The lowest BCUT2D eigenvalue weighted by Gasteiger charge is -2.32. The molecule has 1 saturated heterocycles. The summed E-state index contributed by atoms with van der Waals surface area (Å²) >= 11 is 0. The van der Waals surface area contributed by atoms with Crippen LogP contribution >= 0.6 is 0 Å². The highest BCUT2D eigenvalue weighted by Gasteiger charge is 2.57. The Bertz CT molecular complexity index is 385. The minimum absolute atomic E-state index is 0.587. The topological polar surface area (TPSA) is 138 Å². The molecule has 19 heavy (non-hydrogen) atoms. The normalized spacial score (nSPS) is 42.6. The van der Waals surface area contributed by atoms with Gasteiger partial charge in [0.1, 0.15) is 18.8 Å². The number of aliphatic hydroxyl groups is 3. The third-order valence-corrected chi connectivity index (χ3v) is 3.21. The molecule has 0 bridgehead atoms. The molecule has 108 valence electrons. The fourth-order valence-electron chi connectivity index (χ4n) is 2.06. The van der Waals surface area contributed by atoms with Gasteiger partial charge in [-0.05, 0) is 6.08 Å². The van der Waals surface area contributed by atoms with Crippen LogP contribution in [0.5, 0.6) is 0 Å². The number of carbonyl (C=O) groups excluding carboxylic acids is 1. The van der Waals surface area contributed by atoms with Crippen molar-refractivity contribution in [2.24, 2.45) is 5.73 Å². The minimum atomic E-state index is -1.77. The number of nitrogens with two attached hydrogens (primary N) is 1. The molecule has 2 aliphatic heterocycles. The highest BCUT2D eigenvalue weighted by molar-refractivity contribution is 5.77. The van der Waals surface area contributed by atoms with E-state index in [0.717, 1.165) is 4.90 Å². The van der Waals surface area contributed by atoms with Crippen LogP contribution in [0.2, 0.25) is 0 Å². The zero-order valence-electron chi connectivity index (χ0n) is 10.3. The highest BCUT2D eigenvalue weighted by Crippen LogP contribution is 2.33. The Morgan fingerprint density at radius 2 is 2.32 bits per heavy atom. The van der Waals surface area contributed by atoms with Crippen molar-refractivity contribution in [2.45, 2.75) is 30.4 Å². The second kappa shape index (κ2) is 5.04. The third kappa shape index (κ3) is 2.20. The van der Waals surface area contributed by atoms with Crippen LogP contribution < -0.4 is 11.1 Å². The summed E-state index contributed by atoms with van der Waals surface area (Å²) in [5.74, 6) is -1.77. The Hall–Kier alpha value is -1.23. The first-order valence-corrected chi connectivity index (χ1v) is 5.68. The maximum Gasteiger partial charge on any atom is 0.325 e. The molecular formula is C10H17N3O6. The van der Waals surface area contributed by atoms with Gasteiger partial charge in [-0.25, -0.2) is 4.79 Å². The molecule has 0 aromatic carbocycles. The van der Waals surface area contributed by atoms with E-state index < -0.39 is 43.0 Å². The number of carbonyl (C=O) groups is 1. The first kappa shape index (κ1) is 14.2. The van der Waals surface area contributed by atoms with E-state index in [0.29, 0.717) is 0 Å². The van der Waals surface area contributed by atoms with Gasteiger partial charge in [-0.2, -0.15) is 0 Å². The highest BCUT2D eigenvalue weighted by atomic mass is 16.7. The number of nitrogens with zero attached hydrogens (tertiary/aromatic N) is 1. The molecule has 1 fully saturated rings. The number of ether oxygens (including phenoxy) is 2. The van der Waals surface area contributed by atoms with Gasteiger partial charge in [0.05, 0.1) is 6.17 Å². The van der Waals surface area contributed by atoms with Gasteiger partial charge in [0.2, 0.25) is 5.79 Å². The van der Waals surface area contributed by atoms with Crippen LogP contribution in [0.3, 0.4) is 0 Å². The maximum atomic E-state index is 11.7. The van der Waals surface area contributed by atoms with E-state index in [4.69, 9.17) is 15.2 Å². The van der Waals surface area contributed by atoms with Crippen LogP contribution in [0.15, 0.2) is 12.3 Å². The average Bonchev–Trinajstić information content (AvgIpc) is 2.64. The number of hydrogen-bond acceptors (Lipinski definition) is 7. The van der Waals surface area contributed by atoms with Crippen molar-refractivity contribution in [3.05, 3.63) is 12.3 Å².